The first-order valence-corrected chi connectivity index (χ1v) is 11.7. The summed E-state index contributed by atoms with van der Waals surface area (Å²) in [5.41, 5.74) is 3.86. The molecule has 2 aromatic heterocycles. The molecule has 5 rings (SSSR count). The Kier molecular flexibility index (Phi) is 6.38. The Labute approximate surface area is 212 Å². The smallest absolute Gasteiger partial charge is 0.338 e. The number of nitrogens with zero attached hydrogens (tertiary/aromatic N) is 3. The maximum Gasteiger partial charge on any atom is 0.338 e. The quantitative estimate of drug-likeness (QED) is 0.307. The van der Waals surface area contributed by atoms with Crippen LogP contribution in [-0.4, -0.2) is 33.0 Å². The van der Waals surface area contributed by atoms with E-state index in [0.717, 1.165) is 27.6 Å². The number of hydrogen-bond acceptors (Lipinski definition) is 7. The number of fused-ring (bicyclic) bond motifs is 1. The SMILES string of the molecule is CCn1nc(-c2cccc(-c3cc(O)cc(C(=O)OC)c3)c2)cc(Nc2cncc3ccccc23)c1=O. The number of ether oxygens (including phenoxy) is 1. The summed E-state index contributed by atoms with van der Waals surface area (Å²) in [7, 11) is 1.29. The molecule has 8 nitrogen and oxygen atoms in total. The van der Waals surface area contributed by atoms with Gasteiger partial charge in [0.05, 0.1) is 30.3 Å². The number of methoxy groups -OCH3 is 1. The number of aromatic nitrogens is 3. The van der Waals surface area contributed by atoms with Gasteiger partial charge in [-0.05, 0) is 48.4 Å². The highest BCUT2D eigenvalue weighted by molar-refractivity contribution is 5.94. The third-order valence-corrected chi connectivity index (χ3v) is 6.04. The summed E-state index contributed by atoms with van der Waals surface area (Å²) in [4.78, 5) is 29.4. The predicted octanol–water partition coefficient (Wildman–Crippen LogP) is 5.38. The van der Waals surface area contributed by atoms with E-state index in [0.29, 0.717) is 23.5 Å². The third-order valence-electron chi connectivity index (χ3n) is 6.04. The van der Waals surface area contributed by atoms with E-state index in [4.69, 9.17) is 4.74 Å². The second kappa shape index (κ2) is 9.94. The number of phenolic OH excluding ortho intramolecular Hbond substituents is 1. The number of aryl methyl sites for hydroxylation is 1. The molecule has 0 fully saturated rings. The van der Waals surface area contributed by atoms with Crippen LogP contribution in [0.5, 0.6) is 5.75 Å². The van der Waals surface area contributed by atoms with E-state index in [-0.39, 0.29) is 16.9 Å². The van der Waals surface area contributed by atoms with Gasteiger partial charge in [-0.2, -0.15) is 5.10 Å². The normalized spacial score (nSPS) is 10.9. The number of aromatic hydroxyl groups is 1. The van der Waals surface area contributed by atoms with Gasteiger partial charge in [-0.1, -0.05) is 42.5 Å². The molecule has 0 saturated heterocycles. The van der Waals surface area contributed by atoms with E-state index in [1.165, 1.54) is 17.9 Å². The van der Waals surface area contributed by atoms with E-state index < -0.39 is 5.97 Å². The van der Waals surface area contributed by atoms with Crippen LogP contribution >= 0.6 is 0 Å². The molecule has 0 unspecified atom stereocenters. The summed E-state index contributed by atoms with van der Waals surface area (Å²) < 4.78 is 6.21. The van der Waals surface area contributed by atoms with Crippen molar-refractivity contribution in [2.75, 3.05) is 12.4 Å². The number of carbonyl (C=O) groups excluding carboxylic acids is 1. The summed E-state index contributed by atoms with van der Waals surface area (Å²) in [6.07, 6.45) is 3.47. The predicted molar refractivity (Wildman–Crippen MR) is 143 cm³/mol. The number of carbonyl (C=O) groups is 1. The van der Waals surface area contributed by atoms with E-state index in [1.54, 1.807) is 30.6 Å². The molecule has 2 N–H and O–H groups in total. The van der Waals surface area contributed by atoms with Gasteiger partial charge in [0.1, 0.15) is 11.4 Å². The molecule has 3 aromatic carbocycles. The van der Waals surface area contributed by atoms with E-state index in [1.807, 2.05) is 55.5 Å². The molecular weight excluding hydrogens is 468 g/mol. The summed E-state index contributed by atoms with van der Waals surface area (Å²) in [6.45, 7) is 2.25. The topological polar surface area (TPSA) is 106 Å². The van der Waals surface area contributed by atoms with Gasteiger partial charge in [0, 0.05) is 29.1 Å². The van der Waals surface area contributed by atoms with Gasteiger partial charge in [0.15, 0.2) is 0 Å². The van der Waals surface area contributed by atoms with Gasteiger partial charge in [0.25, 0.3) is 5.56 Å². The van der Waals surface area contributed by atoms with E-state index in [9.17, 15) is 14.7 Å². The molecule has 0 spiro atoms. The number of nitrogens with one attached hydrogen (secondary N) is 1. The molecule has 0 amide bonds. The lowest BCUT2D eigenvalue weighted by molar-refractivity contribution is 0.0600. The fourth-order valence-electron chi connectivity index (χ4n) is 4.22. The first-order chi connectivity index (χ1) is 18.0. The van der Waals surface area contributed by atoms with Crippen molar-refractivity contribution in [3.05, 3.63) is 101 Å². The van der Waals surface area contributed by atoms with Gasteiger partial charge in [-0.3, -0.25) is 9.78 Å². The fourth-order valence-corrected chi connectivity index (χ4v) is 4.22. The summed E-state index contributed by atoms with van der Waals surface area (Å²) in [5, 5.41) is 19.9. The molecule has 0 aliphatic rings. The standard InChI is InChI=1S/C29H24N4O4/c1-3-33-28(35)26(31-27-17-30-16-20-7-4-5-10-24(20)27)15-25(32-33)19-9-6-8-18(11-19)21-12-22(29(36)37-2)14-23(34)13-21/h4-17,31,34H,3H2,1-2H3. The van der Waals surface area contributed by atoms with Gasteiger partial charge in [0.2, 0.25) is 0 Å². The van der Waals surface area contributed by atoms with Gasteiger partial charge >= 0.3 is 5.97 Å². The Bertz CT molecular complexity index is 1690. The minimum atomic E-state index is -0.538. The van der Waals surface area contributed by atoms with Crippen LogP contribution in [0.25, 0.3) is 33.2 Å². The number of pyridine rings is 1. The van der Waals surface area contributed by atoms with Crippen molar-refractivity contribution in [3.63, 3.8) is 0 Å². The van der Waals surface area contributed by atoms with Crippen molar-refractivity contribution in [3.8, 4) is 28.1 Å². The van der Waals surface area contributed by atoms with Crippen LogP contribution in [0.1, 0.15) is 17.3 Å². The van der Waals surface area contributed by atoms with Crippen molar-refractivity contribution >= 4 is 28.1 Å². The van der Waals surface area contributed by atoms with Crippen molar-refractivity contribution in [1.29, 1.82) is 0 Å². The molecule has 0 aliphatic carbocycles. The van der Waals surface area contributed by atoms with Crippen LogP contribution in [-0.2, 0) is 11.3 Å². The Balaban J connectivity index is 1.58. The highest BCUT2D eigenvalue weighted by Crippen LogP contribution is 2.30. The third kappa shape index (κ3) is 4.77. The van der Waals surface area contributed by atoms with Crippen molar-refractivity contribution < 1.29 is 14.6 Å². The Hall–Kier alpha value is -4.98. The summed E-state index contributed by atoms with van der Waals surface area (Å²) in [5.74, 6) is -0.584. The first kappa shape index (κ1) is 23.7. The van der Waals surface area contributed by atoms with Crippen LogP contribution in [0.15, 0.2) is 90.0 Å². The van der Waals surface area contributed by atoms with Crippen molar-refractivity contribution in [2.24, 2.45) is 0 Å². The number of phenols is 1. The van der Waals surface area contributed by atoms with Gasteiger partial charge in [-0.25, -0.2) is 9.48 Å². The maximum absolute atomic E-state index is 13.1. The van der Waals surface area contributed by atoms with Gasteiger partial charge in [-0.15, -0.1) is 0 Å². The molecule has 0 atom stereocenters. The number of benzene rings is 3. The average Bonchev–Trinajstić information content (AvgIpc) is 2.93. The van der Waals surface area contributed by atoms with Crippen molar-refractivity contribution in [2.45, 2.75) is 13.5 Å². The Morgan fingerprint density at radius 2 is 1.76 bits per heavy atom. The zero-order chi connectivity index (χ0) is 25.9. The Morgan fingerprint density at radius 3 is 2.57 bits per heavy atom. The second-order valence-electron chi connectivity index (χ2n) is 8.44. The molecule has 0 saturated carbocycles. The molecule has 37 heavy (non-hydrogen) atoms. The molecule has 2 heterocycles. The zero-order valence-corrected chi connectivity index (χ0v) is 20.3. The molecular formula is C29H24N4O4. The lowest BCUT2D eigenvalue weighted by Crippen LogP contribution is -2.24. The molecule has 184 valence electrons. The van der Waals surface area contributed by atoms with Crippen LogP contribution in [0, 0.1) is 0 Å². The lowest BCUT2D eigenvalue weighted by atomic mass is 9.99. The first-order valence-electron chi connectivity index (χ1n) is 11.7. The van der Waals surface area contributed by atoms with Crippen LogP contribution in [0.4, 0.5) is 11.4 Å². The number of rotatable bonds is 6. The molecule has 0 aliphatic heterocycles. The molecule has 5 aromatic rings. The highest BCUT2D eigenvalue weighted by Gasteiger charge is 2.14. The number of anilines is 2. The number of esters is 1. The minimum absolute atomic E-state index is 0.0452. The van der Waals surface area contributed by atoms with Gasteiger partial charge < -0.3 is 15.2 Å². The van der Waals surface area contributed by atoms with Crippen LogP contribution in [0.3, 0.4) is 0 Å². The van der Waals surface area contributed by atoms with Crippen LogP contribution in [0.2, 0.25) is 0 Å². The molecule has 0 bridgehead atoms. The maximum atomic E-state index is 13.1. The zero-order valence-electron chi connectivity index (χ0n) is 20.3. The lowest BCUT2D eigenvalue weighted by Gasteiger charge is -2.13. The van der Waals surface area contributed by atoms with Crippen molar-refractivity contribution in [1.82, 2.24) is 14.8 Å². The monoisotopic (exact) mass is 492 g/mol. The summed E-state index contributed by atoms with van der Waals surface area (Å²) in [6, 6.07) is 21.6. The van der Waals surface area contributed by atoms with E-state index in [2.05, 4.69) is 15.4 Å². The average molecular weight is 493 g/mol. The highest BCUT2D eigenvalue weighted by atomic mass is 16.5. The number of hydrogen-bond donors (Lipinski definition) is 2. The molecule has 0 radical (unpaired) electrons. The minimum Gasteiger partial charge on any atom is -0.508 e. The molecule has 8 heteroatoms. The Morgan fingerprint density at radius 1 is 0.946 bits per heavy atom. The van der Waals surface area contributed by atoms with Crippen LogP contribution < -0.4 is 10.9 Å². The summed E-state index contributed by atoms with van der Waals surface area (Å²) >= 11 is 0. The largest absolute Gasteiger partial charge is 0.508 e. The second-order valence-corrected chi connectivity index (χ2v) is 8.44. The van der Waals surface area contributed by atoms with E-state index >= 15 is 0 Å². The fraction of sp³-hybridized carbons (Fsp3) is 0.103.